The van der Waals surface area contributed by atoms with Crippen molar-refractivity contribution in [1.82, 2.24) is 20.8 Å². The van der Waals surface area contributed by atoms with Crippen LogP contribution in [0.3, 0.4) is 0 Å². The van der Waals surface area contributed by atoms with Gasteiger partial charge in [-0.2, -0.15) is 0 Å². The van der Waals surface area contributed by atoms with E-state index >= 15 is 0 Å². The van der Waals surface area contributed by atoms with Gasteiger partial charge < -0.3 is 0 Å². The first-order chi connectivity index (χ1) is 9.50. The number of amides is 2. The molecule has 6 heteroatoms. The molecule has 2 amide bonds. The normalized spacial score (nSPS) is 29.4. The van der Waals surface area contributed by atoms with Crippen molar-refractivity contribution in [1.29, 1.82) is 0 Å². The fourth-order valence-corrected chi connectivity index (χ4v) is 3.42. The van der Waals surface area contributed by atoms with Crippen molar-refractivity contribution < 1.29 is 9.59 Å². The van der Waals surface area contributed by atoms with Crippen LogP contribution in [0.2, 0.25) is 0 Å². The zero-order chi connectivity index (χ0) is 14.3. The van der Waals surface area contributed by atoms with Gasteiger partial charge in [-0.05, 0) is 30.1 Å². The van der Waals surface area contributed by atoms with Crippen LogP contribution < -0.4 is 10.9 Å². The largest absolute Gasteiger partial charge is 0.289 e. The van der Waals surface area contributed by atoms with Crippen LogP contribution in [0.5, 0.6) is 0 Å². The molecule has 2 N–H and O–H groups in total. The molecule has 1 unspecified atom stereocenters. The van der Waals surface area contributed by atoms with E-state index in [4.69, 9.17) is 0 Å². The van der Waals surface area contributed by atoms with Gasteiger partial charge in [0.25, 0.3) is 5.91 Å². The Morgan fingerprint density at radius 2 is 1.90 bits per heavy atom. The SMILES string of the molecule is CC1(C)[C@@H]2CC(C(=O)NNC(=O)c3cnccn3)C[C@@H]21. The summed E-state index contributed by atoms with van der Waals surface area (Å²) in [7, 11) is 0. The molecule has 2 aliphatic carbocycles. The molecule has 1 heterocycles. The number of nitrogens with one attached hydrogen (secondary N) is 2. The van der Waals surface area contributed by atoms with E-state index in [0.29, 0.717) is 17.3 Å². The Morgan fingerprint density at radius 1 is 1.20 bits per heavy atom. The molecule has 3 rings (SSSR count). The molecule has 0 spiro atoms. The summed E-state index contributed by atoms with van der Waals surface area (Å²) in [6.07, 6.45) is 6.12. The molecule has 2 saturated carbocycles. The van der Waals surface area contributed by atoms with Crippen LogP contribution in [-0.2, 0) is 4.79 Å². The van der Waals surface area contributed by atoms with Crippen molar-refractivity contribution in [2.24, 2.45) is 23.2 Å². The van der Waals surface area contributed by atoms with Crippen LogP contribution in [0.25, 0.3) is 0 Å². The minimum atomic E-state index is -0.449. The van der Waals surface area contributed by atoms with Crippen LogP contribution in [0.1, 0.15) is 37.2 Å². The van der Waals surface area contributed by atoms with Crippen molar-refractivity contribution in [3.63, 3.8) is 0 Å². The highest BCUT2D eigenvalue weighted by molar-refractivity contribution is 5.93. The lowest BCUT2D eigenvalue weighted by Gasteiger charge is -2.16. The second kappa shape index (κ2) is 4.54. The smallest absolute Gasteiger partial charge is 0.273 e. The van der Waals surface area contributed by atoms with Crippen molar-refractivity contribution in [3.8, 4) is 0 Å². The Morgan fingerprint density at radius 3 is 2.50 bits per heavy atom. The molecule has 1 aromatic heterocycles. The van der Waals surface area contributed by atoms with Gasteiger partial charge in [-0.3, -0.25) is 25.4 Å². The summed E-state index contributed by atoms with van der Waals surface area (Å²) in [5, 5.41) is 0. The molecular weight excluding hydrogens is 256 g/mol. The highest BCUT2D eigenvalue weighted by Crippen LogP contribution is 2.68. The first kappa shape index (κ1) is 13.0. The summed E-state index contributed by atoms with van der Waals surface area (Å²) in [5.41, 5.74) is 5.46. The Labute approximate surface area is 117 Å². The van der Waals surface area contributed by atoms with E-state index in [1.807, 2.05) is 0 Å². The summed E-state index contributed by atoms with van der Waals surface area (Å²) in [6.45, 7) is 4.51. The van der Waals surface area contributed by atoms with E-state index in [1.54, 1.807) is 0 Å². The van der Waals surface area contributed by atoms with Gasteiger partial charge >= 0.3 is 0 Å². The van der Waals surface area contributed by atoms with Gasteiger partial charge in [-0.25, -0.2) is 4.98 Å². The summed E-state index contributed by atoms with van der Waals surface area (Å²) in [6, 6.07) is 0. The van der Waals surface area contributed by atoms with Crippen LogP contribution in [0, 0.1) is 23.2 Å². The van der Waals surface area contributed by atoms with Crippen LogP contribution in [-0.4, -0.2) is 21.8 Å². The number of hydrazine groups is 1. The minimum absolute atomic E-state index is 0.0141. The van der Waals surface area contributed by atoms with E-state index in [-0.39, 0.29) is 17.5 Å². The average Bonchev–Trinajstić information content (AvgIpc) is 2.85. The maximum absolute atomic E-state index is 12.0. The maximum Gasteiger partial charge on any atom is 0.289 e. The molecule has 0 radical (unpaired) electrons. The monoisotopic (exact) mass is 274 g/mol. The standard InChI is InChI=1S/C14H18N4O2/c1-14(2)9-5-8(6-10(9)14)12(19)17-18-13(20)11-7-15-3-4-16-11/h3-4,7-10H,5-6H2,1-2H3,(H,17,19)(H,18,20)/t8?,9-,10+. The first-order valence-corrected chi connectivity index (χ1v) is 6.86. The third-order valence-corrected chi connectivity index (χ3v) is 4.83. The van der Waals surface area contributed by atoms with Gasteiger partial charge in [0.05, 0.1) is 6.20 Å². The van der Waals surface area contributed by atoms with Gasteiger partial charge in [0.15, 0.2) is 0 Å². The first-order valence-electron chi connectivity index (χ1n) is 6.86. The lowest BCUT2D eigenvalue weighted by Crippen LogP contribution is -2.44. The summed E-state index contributed by atoms with van der Waals surface area (Å²) in [5.74, 6) is 0.781. The summed E-state index contributed by atoms with van der Waals surface area (Å²) < 4.78 is 0. The molecule has 2 fully saturated rings. The lowest BCUT2D eigenvalue weighted by atomic mass is 9.93. The molecule has 3 atom stereocenters. The fraction of sp³-hybridized carbons (Fsp3) is 0.571. The third kappa shape index (κ3) is 2.15. The van der Waals surface area contributed by atoms with Crippen LogP contribution in [0.4, 0.5) is 0 Å². The Balaban J connectivity index is 1.48. The molecule has 0 saturated heterocycles. The van der Waals surface area contributed by atoms with Gasteiger partial charge in [0.1, 0.15) is 5.69 Å². The average molecular weight is 274 g/mol. The molecule has 1 aromatic rings. The number of carbonyl (C=O) groups excluding carboxylic acids is 2. The lowest BCUT2D eigenvalue weighted by molar-refractivity contribution is -0.126. The molecule has 20 heavy (non-hydrogen) atoms. The number of aromatic nitrogens is 2. The van der Waals surface area contributed by atoms with Gasteiger partial charge in [-0.1, -0.05) is 13.8 Å². The Hall–Kier alpha value is -1.98. The van der Waals surface area contributed by atoms with Crippen LogP contribution in [0.15, 0.2) is 18.6 Å². The maximum atomic E-state index is 12.0. The van der Waals surface area contributed by atoms with Crippen LogP contribution >= 0.6 is 0 Å². The second-order valence-corrected chi connectivity index (χ2v) is 6.24. The quantitative estimate of drug-likeness (QED) is 0.785. The summed E-state index contributed by atoms with van der Waals surface area (Å²) >= 11 is 0. The molecule has 0 aliphatic heterocycles. The number of nitrogens with zero attached hydrogens (tertiary/aromatic N) is 2. The molecule has 2 aliphatic rings. The number of fused-ring (bicyclic) bond motifs is 1. The molecule has 106 valence electrons. The van der Waals surface area contributed by atoms with Crippen molar-refractivity contribution >= 4 is 11.8 Å². The zero-order valence-electron chi connectivity index (χ0n) is 11.6. The van der Waals surface area contributed by atoms with E-state index < -0.39 is 5.91 Å². The number of hydrogen-bond donors (Lipinski definition) is 2. The van der Waals surface area contributed by atoms with E-state index in [2.05, 4.69) is 34.7 Å². The minimum Gasteiger partial charge on any atom is -0.273 e. The molecule has 0 bridgehead atoms. The Kier molecular flexibility index (Phi) is 2.96. The van der Waals surface area contributed by atoms with E-state index in [0.717, 1.165) is 12.8 Å². The predicted octanol–water partition coefficient (Wildman–Crippen LogP) is 0.920. The van der Waals surface area contributed by atoms with Crippen molar-refractivity contribution in [3.05, 3.63) is 24.3 Å². The fourth-order valence-electron chi connectivity index (χ4n) is 3.42. The van der Waals surface area contributed by atoms with Crippen molar-refractivity contribution in [2.45, 2.75) is 26.7 Å². The zero-order valence-corrected chi connectivity index (χ0v) is 11.6. The van der Waals surface area contributed by atoms with Gasteiger partial charge in [0.2, 0.25) is 5.91 Å². The number of hydrogen-bond acceptors (Lipinski definition) is 4. The van der Waals surface area contributed by atoms with E-state index in [9.17, 15) is 9.59 Å². The Bertz CT molecular complexity index is 529. The number of carbonyl (C=O) groups is 2. The molecule has 6 nitrogen and oxygen atoms in total. The molecule has 0 aromatic carbocycles. The highest BCUT2D eigenvalue weighted by atomic mass is 16.2. The van der Waals surface area contributed by atoms with Crippen molar-refractivity contribution in [2.75, 3.05) is 0 Å². The second-order valence-electron chi connectivity index (χ2n) is 6.24. The highest BCUT2D eigenvalue weighted by Gasteiger charge is 2.62. The number of rotatable bonds is 2. The van der Waals surface area contributed by atoms with Gasteiger partial charge in [-0.15, -0.1) is 0 Å². The molecular formula is C14H18N4O2. The summed E-state index contributed by atoms with van der Waals surface area (Å²) in [4.78, 5) is 31.4. The predicted molar refractivity (Wildman–Crippen MR) is 71.1 cm³/mol. The van der Waals surface area contributed by atoms with Gasteiger partial charge in [0, 0.05) is 18.3 Å². The van der Waals surface area contributed by atoms with E-state index in [1.165, 1.54) is 18.6 Å². The third-order valence-electron chi connectivity index (χ3n) is 4.83. The topological polar surface area (TPSA) is 84.0 Å².